The lowest BCUT2D eigenvalue weighted by atomic mass is 10.0. The van der Waals surface area contributed by atoms with Gasteiger partial charge >= 0.3 is 0 Å². The van der Waals surface area contributed by atoms with Gasteiger partial charge < -0.3 is 9.88 Å². The van der Waals surface area contributed by atoms with Crippen LogP contribution in [0.5, 0.6) is 0 Å². The molecule has 0 saturated carbocycles. The van der Waals surface area contributed by atoms with Crippen molar-refractivity contribution in [3.8, 4) is 0 Å². The van der Waals surface area contributed by atoms with Crippen molar-refractivity contribution in [1.29, 1.82) is 0 Å². The summed E-state index contributed by atoms with van der Waals surface area (Å²) in [5, 5.41) is 4.96. The first-order valence-corrected chi connectivity index (χ1v) is 8.61. The number of hydrogen-bond acceptors (Lipinski definition) is 6. The zero-order valence-electron chi connectivity index (χ0n) is 14.6. The smallest absolute Gasteiger partial charge is 0.292 e. The largest absolute Gasteiger partial charge is 0.348 e. The van der Waals surface area contributed by atoms with Gasteiger partial charge in [0.2, 0.25) is 5.82 Å². The normalized spacial score (nSPS) is 16.5. The minimum atomic E-state index is -0.478. The molecule has 1 aromatic carbocycles. The van der Waals surface area contributed by atoms with Crippen LogP contribution in [0, 0.1) is 0 Å². The molecule has 5 rings (SSSR count). The van der Waals surface area contributed by atoms with Gasteiger partial charge in [0.1, 0.15) is 12.4 Å². The zero-order valence-corrected chi connectivity index (χ0v) is 14.6. The quantitative estimate of drug-likeness (QED) is 0.577. The van der Waals surface area contributed by atoms with E-state index in [1.54, 1.807) is 24.5 Å². The number of aromatic amines is 1. The number of rotatable bonds is 2. The van der Waals surface area contributed by atoms with Crippen molar-refractivity contribution in [2.24, 2.45) is 7.05 Å². The fourth-order valence-electron chi connectivity index (χ4n) is 3.49. The Kier molecular flexibility index (Phi) is 3.46. The number of carbonyl (C=O) groups is 1. The lowest BCUT2D eigenvalue weighted by Crippen LogP contribution is -2.42. The van der Waals surface area contributed by atoms with Gasteiger partial charge in [0, 0.05) is 37.3 Å². The predicted molar refractivity (Wildman–Crippen MR) is 95.7 cm³/mol. The third-order valence-corrected chi connectivity index (χ3v) is 4.84. The maximum Gasteiger partial charge on any atom is 0.292 e. The number of hydrogen-bond donors (Lipinski definition) is 1. The average Bonchev–Trinajstić information content (AvgIpc) is 3.35. The summed E-state index contributed by atoms with van der Waals surface area (Å²) in [5.74, 6) is 0.599. The van der Waals surface area contributed by atoms with Crippen LogP contribution in [0.3, 0.4) is 0 Å². The summed E-state index contributed by atoms with van der Waals surface area (Å²) in [7, 11) is 1.70. The van der Waals surface area contributed by atoms with Gasteiger partial charge in [0.05, 0.1) is 17.5 Å². The second-order valence-electron chi connectivity index (χ2n) is 6.41. The molecule has 1 aliphatic rings. The molecule has 1 N–H and O–H groups in total. The third-order valence-electron chi connectivity index (χ3n) is 4.84. The second kappa shape index (κ2) is 5.97. The van der Waals surface area contributed by atoms with E-state index < -0.39 is 6.04 Å². The van der Waals surface area contributed by atoms with E-state index in [0.29, 0.717) is 18.8 Å². The molecule has 4 aromatic rings. The molecule has 134 valence electrons. The Labute approximate surface area is 154 Å². The van der Waals surface area contributed by atoms with Gasteiger partial charge in [-0.05, 0) is 6.07 Å². The van der Waals surface area contributed by atoms with Crippen LogP contribution in [0.4, 0.5) is 0 Å². The summed E-state index contributed by atoms with van der Waals surface area (Å²) in [6, 6.07) is 7.30. The van der Waals surface area contributed by atoms with E-state index in [2.05, 4.69) is 25.0 Å². The molecule has 27 heavy (non-hydrogen) atoms. The van der Waals surface area contributed by atoms with E-state index >= 15 is 0 Å². The number of nitrogens with zero attached hydrogens (tertiary/aromatic N) is 7. The number of benzene rings is 1. The molecule has 0 unspecified atom stereocenters. The SMILES string of the molecule is Cn1ncnc1C(=O)N1CCc2[nH]cnc2[C@@H]1c1ncc2ccccc2n1. The van der Waals surface area contributed by atoms with Gasteiger partial charge in [-0.2, -0.15) is 5.10 Å². The van der Waals surface area contributed by atoms with Crippen LogP contribution < -0.4 is 0 Å². The number of para-hydroxylation sites is 1. The monoisotopic (exact) mass is 360 g/mol. The van der Waals surface area contributed by atoms with Crippen molar-refractivity contribution in [1.82, 2.24) is 39.6 Å². The molecule has 1 amide bonds. The molecule has 0 saturated heterocycles. The highest BCUT2D eigenvalue weighted by atomic mass is 16.2. The number of carbonyl (C=O) groups excluding carboxylic acids is 1. The van der Waals surface area contributed by atoms with Gasteiger partial charge in [-0.25, -0.2) is 24.6 Å². The molecule has 0 fully saturated rings. The standard InChI is InChI=1S/C18H16N8O/c1-25-17(22-10-23-25)18(27)26-7-6-13-14(21-9-20-13)15(26)16-19-8-11-4-2-3-5-12(11)24-16/h2-5,8-10,15H,6-7H2,1H3,(H,20,21)/t15-/m1/s1. The summed E-state index contributed by atoms with van der Waals surface area (Å²) in [5.41, 5.74) is 2.60. The van der Waals surface area contributed by atoms with Crippen molar-refractivity contribution < 1.29 is 4.79 Å². The first-order valence-electron chi connectivity index (χ1n) is 8.61. The molecule has 3 aromatic heterocycles. The molecule has 1 aliphatic heterocycles. The Hall–Kier alpha value is -3.62. The lowest BCUT2D eigenvalue weighted by molar-refractivity contribution is 0.0666. The number of fused-ring (bicyclic) bond motifs is 2. The minimum Gasteiger partial charge on any atom is -0.348 e. The van der Waals surface area contributed by atoms with Crippen molar-refractivity contribution in [3.63, 3.8) is 0 Å². The molecule has 0 spiro atoms. The second-order valence-corrected chi connectivity index (χ2v) is 6.41. The van der Waals surface area contributed by atoms with Gasteiger partial charge in [-0.3, -0.25) is 4.79 Å². The summed E-state index contributed by atoms with van der Waals surface area (Å²) in [6.45, 7) is 0.516. The maximum absolute atomic E-state index is 13.2. The van der Waals surface area contributed by atoms with Crippen molar-refractivity contribution >= 4 is 16.8 Å². The van der Waals surface area contributed by atoms with Crippen molar-refractivity contribution in [2.75, 3.05) is 6.54 Å². The molecule has 4 heterocycles. The van der Waals surface area contributed by atoms with E-state index in [0.717, 1.165) is 22.3 Å². The Morgan fingerprint density at radius 1 is 1.22 bits per heavy atom. The van der Waals surface area contributed by atoms with Crippen LogP contribution in [0.1, 0.15) is 33.9 Å². The van der Waals surface area contributed by atoms with Gasteiger partial charge in [0.15, 0.2) is 5.82 Å². The summed E-state index contributed by atoms with van der Waals surface area (Å²) >= 11 is 0. The summed E-state index contributed by atoms with van der Waals surface area (Å²) in [4.78, 5) is 35.9. The summed E-state index contributed by atoms with van der Waals surface area (Å²) < 4.78 is 1.47. The highest BCUT2D eigenvalue weighted by Gasteiger charge is 2.37. The molecule has 0 radical (unpaired) electrons. The number of nitrogens with one attached hydrogen (secondary N) is 1. The number of aryl methyl sites for hydroxylation is 1. The molecule has 0 aliphatic carbocycles. The van der Waals surface area contributed by atoms with Crippen molar-refractivity contribution in [3.05, 3.63) is 66.2 Å². The van der Waals surface area contributed by atoms with Crippen LogP contribution in [-0.2, 0) is 13.5 Å². The van der Waals surface area contributed by atoms with Gasteiger partial charge in [0.25, 0.3) is 5.91 Å². The molecular weight excluding hydrogens is 344 g/mol. The fraction of sp³-hybridized carbons (Fsp3) is 0.222. The molecule has 9 nitrogen and oxygen atoms in total. The van der Waals surface area contributed by atoms with Crippen LogP contribution >= 0.6 is 0 Å². The molecular formula is C18H16N8O. The van der Waals surface area contributed by atoms with E-state index in [1.165, 1.54) is 11.0 Å². The van der Waals surface area contributed by atoms with Crippen molar-refractivity contribution in [2.45, 2.75) is 12.5 Å². The van der Waals surface area contributed by atoms with Gasteiger partial charge in [-0.15, -0.1) is 0 Å². The topological polar surface area (TPSA) is 105 Å². The number of imidazole rings is 1. The van der Waals surface area contributed by atoms with Crippen LogP contribution in [0.15, 0.2) is 43.1 Å². The number of amides is 1. The van der Waals surface area contributed by atoms with E-state index in [4.69, 9.17) is 4.98 Å². The highest BCUT2D eigenvalue weighted by molar-refractivity contribution is 5.91. The minimum absolute atomic E-state index is 0.217. The average molecular weight is 360 g/mol. The predicted octanol–water partition coefficient (Wildman–Crippen LogP) is 1.27. The Balaban J connectivity index is 1.64. The van der Waals surface area contributed by atoms with Crippen LogP contribution in [0.25, 0.3) is 10.9 Å². The Morgan fingerprint density at radius 3 is 2.96 bits per heavy atom. The first-order chi connectivity index (χ1) is 13.2. The highest BCUT2D eigenvalue weighted by Crippen LogP contribution is 2.32. The van der Waals surface area contributed by atoms with Crippen LogP contribution in [-0.4, -0.2) is 52.1 Å². The Morgan fingerprint density at radius 2 is 2.11 bits per heavy atom. The number of aromatic nitrogens is 7. The molecule has 9 heteroatoms. The van der Waals surface area contributed by atoms with E-state index in [9.17, 15) is 4.79 Å². The third kappa shape index (κ3) is 2.47. The lowest BCUT2D eigenvalue weighted by Gasteiger charge is -2.33. The van der Waals surface area contributed by atoms with E-state index in [-0.39, 0.29) is 11.7 Å². The van der Waals surface area contributed by atoms with E-state index in [1.807, 2.05) is 24.3 Å². The summed E-state index contributed by atoms with van der Waals surface area (Å²) in [6.07, 6.45) is 5.49. The molecule has 1 atom stereocenters. The number of H-pyrrole nitrogens is 1. The zero-order chi connectivity index (χ0) is 18.4. The first kappa shape index (κ1) is 15.6. The maximum atomic E-state index is 13.2. The Bertz CT molecular complexity index is 1150. The fourth-order valence-corrected chi connectivity index (χ4v) is 3.49. The van der Waals surface area contributed by atoms with Gasteiger partial charge in [-0.1, -0.05) is 18.2 Å². The van der Waals surface area contributed by atoms with Crippen LogP contribution in [0.2, 0.25) is 0 Å². The molecule has 0 bridgehead atoms.